The van der Waals surface area contributed by atoms with E-state index < -0.39 is 0 Å². The molecule has 0 atom stereocenters. The van der Waals surface area contributed by atoms with E-state index in [4.69, 9.17) is 10.2 Å². The van der Waals surface area contributed by atoms with Crippen molar-refractivity contribution in [1.29, 1.82) is 0 Å². The van der Waals surface area contributed by atoms with Crippen LogP contribution < -0.4 is 5.73 Å². The second kappa shape index (κ2) is 3.74. The summed E-state index contributed by atoms with van der Waals surface area (Å²) in [4.78, 5) is 0. The Balaban J connectivity index is 1.68. The maximum atomic E-state index is 5.61. The van der Waals surface area contributed by atoms with Gasteiger partial charge in [0.2, 0.25) is 5.89 Å². The summed E-state index contributed by atoms with van der Waals surface area (Å²) in [6.07, 6.45) is 7.18. The normalized spacial score (nSPS) is 40.8. The zero-order valence-corrected chi connectivity index (χ0v) is 11.8. The van der Waals surface area contributed by atoms with Crippen LogP contribution in [0.3, 0.4) is 0 Å². The van der Waals surface area contributed by atoms with Crippen LogP contribution in [0.4, 0.5) is 6.01 Å². The van der Waals surface area contributed by atoms with Gasteiger partial charge < -0.3 is 10.2 Å². The predicted octanol–water partition coefficient (Wildman–Crippen LogP) is 3.00. The molecule has 1 aromatic rings. The summed E-state index contributed by atoms with van der Waals surface area (Å²) in [5.74, 6) is 5.16. The van der Waals surface area contributed by atoms with Crippen molar-refractivity contribution in [2.24, 2.45) is 29.6 Å². The lowest BCUT2D eigenvalue weighted by molar-refractivity contribution is -0.0697. The van der Waals surface area contributed by atoms with Crippen molar-refractivity contribution in [2.75, 3.05) is 5.73 Å². The zero-order chi connectivity index (χ0) is 13.2. The molecule has 4 fully saturated rings. The first-order chi connectivity index (χ1) is 9.04. The minimum Gasteiger partial charge on any atom is -0.408 e. The van der Waals surface area contributed by atoms with Gasteiger partial charge in [-0.3, -0.25) is 0 Å². The monoisotopic (exact) mass is 261 g/mol. The summed E-state index contributed by atoms with van der Waals surface area (Å²) in [5.41, 5.74) is 5.57. The highest BCUT2D eigenvalue weighted by Gasteiger charge is 2.54. The summed E-state index contributed by atoms with van der Waals surface area (Å²) in [7, 11) is 0. The van der Waals surface area contributed by atoms with Crippen LogP contribution >= 0.6 is 0 Å². The molecule has 0 saturated heterocycles. The molecule has 0 unspecified atom stereocenters. The highest BCUT2D eigenvalue weighted by Crippen LogP contribution is 2.60. The molecule has 1 heterocycles. The summed E-state index contributed by atoms with van der Waals surface area (Å²) >= 11 is 0. The van der Waals surface area contributed by atoms with Gasteiger partial charge in [0.15, 0.2) is 0 Å². The Kier molecular flexibility index (Phi) is 2.31. The van der Waals surface area contributed by atoms with Gasteiger partial charge in [0.25, 0.3) is 0 Å². The van der Waals surface area contributed by atoms with Crippen LogP contribution in [0.5, 0.6) is 0 Å². The number of hydrogen-bond donors (Lipinski definition) is 1. The fourth-order valence-corrected chi connectivity index (χ4v) is 5.74. The van der Waals surface area contributed by atoms with Gasteiger partial charge in [-0.2, -0.15) is 0 Å². The van der Waals surface area contributed by atoms with E-state index in [1.165, 1.54) is 32.1 Å². The number of rotatable bonds is 2. The van der Waals surface area contributed by atoms with E-state index in [1.807, 2.05) is 0 Å². The van der Waals surface area contributed by atoms with Crippen molar-refractivity contribution in [3.8, 4) is 0 Å². The van der Waals surface area contributed by atoms with E-state index in [0.717, 1.165) is 29.6 Å². The fourth-order valence-electron chi connectivity index (χ4n) is 5.74. The van der Waals surface area contributed by atoms with Gasteiger partial charge in [-0.05, 0) is 61.7 Å². The van der Waals surface area contributed by atoms with Crippen LogP contribution in [-0.4, -0.2) is 10.2 Å². The molecule has 4 bridgehead atoms. The SMILES string of the molecule is CC(C)(c1nnc(N)o1)C1C2CC3CC(C2)CC1C3. The van der Waals surface area contributed by atoms with Crippen molar-refractivity contribution in [3.63, 3.8) is 0 Å². The minimum atomic E-state index is -0.0345. The summed E-state index contributed by atoms with van der Waals surface area (Å²) < 4.78 is 5.56. The minimum absolute atomic E-state index is 0.0345. The van der Waals surface area contributed by atoms with E-state index in [1.54, 1.807) is 0 Å². The first-order valence-electron chi connectivity index (χ1n) is 7.63. The number of hydrogen-bond acceptors (Lipinski definition) is 4. The summed E-state index contributed by atoms with van der Waals surface area (Å²) in [6.45, 7) is 4.54. The smallest absolute Gasteiger partial charge is 0.312 e. The first-order valence-corrected chi connectivity index (χ1v) is 7.63. The molecule has 4 heteroatoms. The van der Waals surface area contributed by atoms with Gasteiger partial charge >= 0.3 is 6.01 Å². The third kappa shape index (κ3) is 1.65. The third-order valence-electron chi connectivity index (χ3n) is 6.05. The molecule has 0 amide bonds. The molecule has 4 nitrogen and oxygen atoms in total. The number of nitrogen functional groups attached to an aromatic ring is 1. The number of nitrogens with zero attached hydrogens (tertiary/aromatic N) is 2. The van der Waals surface area contributed by atoms with Gasteiger partial charge in [-0.15, -0.1) is 5.10 Å². The van der Waals surface area contributed by atoms with Gasteiger partial charge in [0, 0.05) is 5.41 Å². The summed E-state index contributed by atoms with van der Waals surface area (Å²) in [6, 6.07) is 0.201. The highest BCUT2D eigenvalue weighted by molar-refractivity contribution is 5.14. The van der Waals surface area contributed by atoms with E-state index in [0.29, 0.717) is 5.92 Å². The van der Waals surface area contributed by atoms with E-state index >= 15 is 0 Å². The fraction of sp³-hybridized carbons (Fsp3) is 0.867. The molecular weight excluding hydrogens is 238 g/mol. The molecule has 1 aromatic heterocycles. The van der Waals surface area contributed by atoms with Gasteiger partial charge in [0.1, 0.15) is 0 Å². The van der Waals surface area contributed by atoms with Crippen molar-refractivity contribution in [3.05, 3.63) is 5.89 Å². The Bertz CT molecular complexity index is 465. The topological polar surface area (TPSA) is 64.9 Å². The van der Waals surface area contributed by atoms with Crippen LogP contribution in [0.1, 0.15) is 51.8 Å². The van der Waals surface area contributed by atoms with Gasteiger partial charge in [0.05, 0.1) is 0 Å². The molecule has 0 radical (unpaired) electrons. The Morgan fingerprint density at radius 2 is 1.58 bits per heavy atom. The largest absolute Gasteiger partial charge is 0.408 e. The molecular formula is C15H23N3O. The molecule has 2 N–H and O–H groups in total. The van der Waals surface area contributed by atoms with Crippen molar-refractivity contribution in [2.45, 2.75) is 51.4 Å². The standard InChI is InChI=1S/C15H23N3O/c1-15(2,13-17-18-14(16)19-13)12-10-4-8-3-9(6-10)7-11(12)5-8/h8-12H,3-7H2,1-2H3,(H2,16,18). The Morgan fingerprint density at radius 1 is 1.00 bits per heavy atom. The molecule has 5 rings (SSSR count). The lowest BCUT2D eigenvalue weighted by atomic mass is 9.47. The van der Waals surface area contributed by atoms with E-state index in [-0.39, 0.29) is 11.4 Å². The highest BCUT2D eigenvalue weighted by atomic mass is 16.4. The van der Waals surface area contributed by atoms with Crippen molar-refractivity contribution >= 4 is 6.01 Å². The quantitative estimate of drug-likeness (QED) is 0.888. The maximum Gasteiger partial charge on any atom is 0.312 e. The van der Waals surface area contributed by atoms with Crippen molar-refractivity contribution in [1.82, 2.24) is 10.2 Å². The Hall–Kier alpha value is -1.06. The Labute approximate surface area is 114 Å². The third-order valence-corrected chi connectivity index (χ3v) is 6.05. The van der Waals surface area contributed by atoms with Crippen LogP contribution in [-0.2, 0) is 5.41 Å². The molecule has 4 aliphatic carbocycles. The average Bonchev–Trinajstić information content (AvgIpc) is 2.74. The molecule has 104 valence electrons. The van der Waals surface area contributed by atoms with E-state index in [9.17, 15) is 0 Å². The molecule has 0 aromatic carbocycles. The molecule has 4 saturated carbocycles. The van der Waals surface area contributed by atoms with Crippen molar-refractivity contribution < 1.29 is 4.42 Å². The Morgan fingerprint density at radius 3 is 2.05 bits per heavy atom. The van der Waals surface area contributed by atoms with Gasteiger partial charge in [-0.25, -0.2) is 0 Å². The zero-order valence-electron chi connectivity index (χ0n) is 11.8. The van der Waals surface area contributed by atoms with Crippen LogP contribution in [0.25, 0.3) is 0 Å². The lowest BCUT2D eigenvalue weighted by Gasteiger charge is -2.58. The molecule has 0 spiro atoms. The van der Waals surface area contributed by atoms with E-state index in [2.05, 4.69) is 24.0 Å². The average molecular weight is 261 g/mol. The lowest BCUT2D eigenvalue weighted by Crippen LogP contribution is -2.51. The number of aromatic nitrogens is 2. The maximum absolute atomic E-state index is 5.61. The molecule has 0 aliphatic heterocycles. The summed E-state index contributed by atoms with van der Waals surface area (Å²) in [5, 5.41) is 8.04. The first kappa shape index (κ1) is 11.7. The number of anilines is 1. The molecule has 4 aliphatic rings. The van der Waals surface area contributed by atoms with Crippen LogP contribution in [0, 0.1) is 29.6 Å². The van der Waals surface area contributed by atoms with Crippen LogP contribution in [0.15, 0.2) is 4.42 Å². The predicted molar refractivity (Wildman–Crippen MR) is 72.3 cm³/mol. The number of nitrogens with two attached hydrogens (primary N) is 1. The van der Waals surface area contributed by atoms with Crippen LogP contribution in [0.2, 0.25) is 0 Å². The molecule has 19 heavy (non-hydrogen) atoms. The second-order valence-corrected chi connectivity index (χ2v) is 7.62. The second-order valence-electron chi connectivity index (χ2n) is 7.62. The van der Waals surface area contributed by atoms with Gasteiger partial charge in [-0.1, -0.05) is 18.9 Å².